The lowest BCUT2D eigenvalue weighted by molar-refractivity contribution is -0.0721. The standard InChI is InChI=1S/C14H21NO2/c1-9-6-12(4-5-14(9)15)17-13-7-10(2)16-11(3)8-13/h4-6,10-11,13H,7-8,15H2,1-3H3. The number of ether oxygens (including phenoxy) is 2. The molecule has 1 aliphatic heterocycles. The summed E-state index contributed by atoms with van der Waals surface area (Å²) in [5.41, 5.74) is 7.67. The van der Waals surface area contributed by atoms with Crippen molar-refractivity contribution in [2.75, 3.05) is 5.73 Å². The van der Waals surface area contributed by atoms with E-state index in [4.69, 9.17) is 15.2 Å². The van der Waals surface area contributed by atoms with E-state index >= 15 is 0 Å². The monoisotopic (exact) mass is 235 g/mol. The van der Waals surface area contributed by atoms with E-state index in [1.165, 1.54) is 0 Å². The van der Waals surface area contributed by atoms with Crippen LogP contribution in [0.3, 0.4) is 0 Å². The van der Waals surface area contributed by atoms with Gasteiger partial charge in [-0.1, -0.05) is 0 Å². The van der Waals surface area contributed by atoms with Crippen LogP contribution in [0, 0.1) is 6.92 Å². The molecule has 2 N–H and O–H groups in total. The van der Waals surface area contributed by atoms with Crippen LogP contribution in [0.1, 0.15) is 32.3 Å². The summed E-state index contributed by atoms with van der Waals surface area (Å²) in [7, 11) is 0. The van der Waals surface area contributed by atoms with Crippen molar-refractivity contribution < 1.29 is 9.47 Å². The predicted molar refractivity (Wildman–Crippen MR) is 69.3 cm³/mol. The quantitative estimate of drug-likeness (QED) is 0.802. The van der Waals surface area contributed by atoms with Gasteiger partial charge in [0.25, 0.3) is 0 Å². The SMILES string of the molecule is Cc1cc(OC2CC(C)OC(C)C2)ccc1N. The summed E-state index contributed by atoms with van der Waals surface area (Å²) in [6, 6.07) is 5.84. The molecule has 3 heteroatoms. The molecule has 94 valence electrons. The lowest BCUT2D eigenvalue weighted by Crippen LogP contribution is -2.35. The molecule has 1 fully saturated rings. The smallest absolute Gasteiger partial charge is 0.120 e. The highest BCUT2D eigenvalue weighted by atomic mass is 16.5. The Morgan fingerprint density at radius 2 is 1.88 bits per heavy atom. The third kappa shape index (κ3) is 3.13. The van der Waals surface area contributed by atoms with Gasteiger partial charge in [-0.25, -0.2) is 0 Å². The number of nitrogen functional groups attached to an aromatic ring is 1. The summed E-state index contributed by atoms with van der Waals surface area (Å²) >= 11 is 0. The molecule has 2 atom stereocenters. The zero-order valence-electron chi connectivity index (χ0n) is 10.8. The minimum Gasteiger partial charge on any atom is -0.490 e. The highest BCUT2D eigenvalue weighted by Gasteiger charge is 2.25. The predicted octanol–water partition coefficient (Wildman–Crippen LogP) is 2.91. The fourth-order valence-corrected chi connectivity index (χ4v) is 2.35. The Labute approximate surface area is 103 Å². The normalized spacial score (nSPS) is 29.0. The van der Waals surface area contributed by atoms with E-state index in [2.05, 4.69) is 13.8 Å². The Balaban J connectivity index is 2.02. The van der Waals surface area contributed by atoms with Gasteiger partial charge in [-0.15, -0.1) is 0 Å². The first-order chi connectivity index (χ1) is 8.04. The maximum atomic E-state index is 6.00. The fraction of sp³-hybridized carbons (Fsp3) is 0.571. The van der Waals surface area contributed by atoms with Crippen LogP contribution >= 0.6 is 0 Å². The molecule has 0 radical (unpaired) electrons. The van der Waals surface area contributed by atoms with Gasteiger partial charge in [0.1, 0.15) is 11.9 Å². The third-order valence-corrected chi connectivity index (χ3v) is 3.20. The second-order valence-corrected chi connectivity index (χ2v) is 4.99. The van der Waals surface area contributed by atoms with Crippen molar-refractivity contribution in [1.29, 1.82) is 0 Å². The number of hydrogen-bond donors (Lipinski definition) is 1. The molecular weight excluding hydrogens is 214 g/mol. The Bertz CT molecular complexity index is 382. The van der Waals surface area contributed by atoms with Gasteiger partial charge in [-0.3, -0.25) is 0 Å². The van der Waals surface area contributed by atoms with E-state index in [9.17, 15) is 0 Å². The molecule has 0 amide bonds. The zero-order chi connectivity index (χ0) is 12.4. The van der Waals surface area contributed by atoms with E-state index in [1.807, 2.05) is 25.1 Å². The van der Waals surface area contributed by atoms with Gasteiger partial charge >= 0.3 is 0 Å². The number of benzene rings is 1. The molecule has 2 rings (SSSR count). The highest BCUT2D eigenvalue weighted by Crippen LogP contribution is 2.26. The van der Waals surface area contributed by atoms with E-state index in [1.54, 1.807) is 0 Å². The zero-order valence-corrected chi connectivity index (χ0v) is 10.8. The molecule has 17 heavy (non-hydrogen) atoms. The maximum Gasteiger partial charge on any atom is 0.120 e. The number of rotatable bonds is 2. The number of aryl methyl sites for hydroxylation is 1. The molecule has 2 unspecified atom stereocenters. The molecule has 1 heterocycles. The molecule has 1 aromatic carbocycles. The maximum absolute atomic E-state index is 6.00. The molecule has 0 saturated carbocycles. The van der Waals surface area contributed by atoms with Crippen molar-refractivity contribution in [2.24, 2.45) is 0 Å². The van der Waals surface area contributed by atoms with E-state index in [-0.39, 0.29) is 18.3 Å². The Kier molecular flexibility index (Phi) is 3.57. The van der Waals surface area contributed by atoms with Crippen molar-refractivity contribution in [3.8, 4) is 5.75 Å². The van der Waals surface area contributed by atoms with Crippen LogP contribution in [-0.2, 0) is 4.74 Å². The van der Waals surface area contributed by atoms with Gasteiger partial charge in [0.05, 0.1) is 12.2 Å². The molecule has 3 nitrogen and oxygen atoms in total. The van der Waals surface area contributed by atoms with Gasteiger partial charge < -0.3 is 15.2 Å². The second-order valence-electron chi connectivity index (χ2n) is 4.99. The fourth-order valence-electron chi connectivity index (χ4n) is 2.35. The van der Waals surface area contributed by atoms with E-state index in [0.717, 1.165) is 29.8 Å². The average molecular weight is 235 g/mol. The van der Waals surface area contributed by atoms with Gasteiger partial charge in [0, 0.05) is 18.5 Å². The van der Waals surface area contributed by atoms with Crippen LogP contribution in [0.5, 0.6) is 5.75 Å². The molecule has 1 aliphatic rings. The van der Waals surface area contributed by atoms with Crippen LogP contribution in [0.25, 0.3) is 0 Å². The number of anilines is 1. The van der Waals surface area contributed by atoms with Crippen molar-refractivity contribution in [3.05, 3.63) is 23.8 Å². The summed E-state index contributed by atoms with van der Waals surface area (Å²) in [4.78, 5) is 0. The Morgan fingerprint density at radius 3 is 2.47 bits per heavy atom. The number of hydrogen-bond acceptors (Lipinski definition) is 3. The summed E-state index contributed by atoms with van der Waals surface area (Å²) < 4.78 is 11.7. The summed E-state index contributed by atoms with van der Waals surface area (Å²) in [5.74, 6) is 0.906. The lowest BCUT2D eigenvalue weighted by Gasteiger charge is -2.32. The molecular formula is C14H21NO2. The molecule has 1 saturated heterocycles. The lowest BCUT2D eigenvalue weighted by atomic mass is 10.0. The van der Waals surface area contributed by atoms with Crippen LogP contribution in [0.4, 0.5) is 5.69 Å². The van der Waals surface area contributed by atoms with Crippen LogP contribution in [-0.4, -0.2) is 18.3 Å². The minimum absolute atomic E-state index is 0.247. The van der Waals surface area contributed by atoms with Gasteiger partial charge in [-0.2, -0.15) is 0 Å². The topological polar surface area (TPSA) is 44.5 Å². The van der Waals surface area contributed by atoms with E-state index in [0.29, 0.717) is 0 Å². The first kappa shape index (κ1) is 12.2. The molecule has 0 aromatic heterocycles. The first-order valence-electron chi connectivity index (χ1n) is 6.23. The van der Waals surface area contributed by atoms with E-state index < -0.39 is 0 Å². The van der Waals surface area contributed by atoms with Crippen molar-refractivity contribution >= 4 is 5.69 Å². The molecule has 1 aromatic rings. The minimum atomic E-state index is 0.247. The van der Waals surface area contributed by atoms with Crippen molar-refractivity contribution in [2.45, 2.75) is 51.9 Å². The van der Waals surface area contributed by atoms with Gasteiger partial charge in [-0.05, 0) is 44.5 Å². The first-order valence-corrected chi connectivity index (χ1v) is 6.23. The van der Waals surface area contributed by atoms with Crippen LogP contribution in [0.15, 0.2) is 18.2 Å². The third-order valence-electron chi connectivity index (χ3n) is 3.20. The molecule has 0 bridgehead atoms. The van der Waals surface area contributed by atoms with Crippen molar-refractivity contribution in [1.82, 2.24) is 0 Å². The number of nitrogens with two attached hydrogens (primary N) is 1. The van der Waals surface area contributed by atoms with Crippen molar-refractivity contribution in [3.63, 3.8) is 0 Å². The van der Waals surface area contributed by atoms with Crippen LogP contribution in [0.2, 0.25) is 0 Å². The Morgan fingerprint density at radius 1 is 1.24 bits per heavy atom. The Hall–Kier alpha value is -1.22. The van der Waals surface area contributed by atoms with Gasteiger partial charge in [0.15, 0.2) is 0 Å². The summed E-state index contributed by atoms with van der Waals surface area (Å²) in [6.45, 7) is 6.19. The van der Waals surface area contributed by atoms with Crippen LogP contribution < -0.4 is 10.5 Å². The molecule has 0 spiro atoms. The summed E-state index contributed by atoms with van der Waals surface area (Å²) in [6.07, 6.45) is 2.70. The van der Waals surface area contributed by atoms with Gasteiger partial charge in [0.2, 0.25) is 0 Å². The average Bonchev–Trinajstić information content (AvgIpc) is 2.22. The molecule has 0 aliphatic carbocycles. The largest absolute Gasteiger partial charge is 0.490 e. The summed E-state index contributed by atoms with van der Waals surface area (Å²) in [5, 5.41) is 0. The second kappa shape index (κ2) is 4.96. The highest BCUT2D eigenvalue weighted by molar-refractivity contribution is 5.49.